The molecule has 11 heteroatoms. The van der Waals surface area contributed by atoms with Gasteiger partial charge in [-0.25, -0.2) is 4.79 Å². The zero-order valence-corrected chi connectivity index (χ0v) is 17.9. The highest BCUT2D eigenvalue weighted by Crippen LogP contribution is 2.32. The van der Waals surface area contributed by atoms with Crippen LogP contribution in [0.5, 0.6) is 5.75 Å². The fraction of sp³-hybridized carbons (Fsp3) is 0.611. The molecule has 0 bridgehead atoms. The average molecular weight is 432 g/mol. The van der Waals surface area contributed by atoms with Gasteiger partial charge >= 0.3 is 6.09 Å². The van der Waals surface area contributed by atoms with Gasteiger partial charge in [-0.1, -0.05) is 12.1 Å². The van der Waals surface area contributed by atoms with E-state index in [1.54, 1.807) is 31.4 Å². The van der Waals surface area contributed by atoms with Crippen LogP contribution in [0.4, 0.5) is 4.79 Å². The lowest BCUT2D eigenvalue weighted by Gasteiger charge is -2.34. The molecule has 0 aromatic heterocycles. The van der Waals surface area contributed by atoms with Crippen molar-refractivity contribution in [2.24, 2.45) is 0 Å². The number of nitrogens with zero attached hydrogens (tertiary/aromatic N) is 3. The number of ether oxygens (including phenoxy) is 2. The summed E-state index contributed by atoms with van der Waals surface area (Å²) in [5, 5.41) is 19.6. The highest BCUT2D eigenvalue weighted by atomic mass is 32.2. The number of benzene rings is 1. The maximum Gasteiger partial charge on any atom is 0.408 e. The van der Waals surface area contributed by atoms with Crippen molar-refractivity contribution in [2.75, 3.05) is 41.5 Å². The van der Waals surface area contributed by atoms with Gasteiger partial charge in [-0.2, -0.15) is 17.0 Å². The van der Waals surface area contributed by atoms with Gasteiger partial charge < -0.3 is 19.7 Å². The van der Waals surface area contributed by atoms with Gasteiger partial charge in [0.05, 0.1) is 38.4 Å². The summed E-state index contributed by atoms with van der Waals surface area (Å²) in [6, 6.07) is 4.75. The van der Waals surface area contributed by atoms with E-state index in [0.717, 1.165) is 9.21 Å². The van der Waals surface area contributed by atoms with Crippen LogP contribution in [0.15, 0.2) is 24.3 Å². The first kappa shape index (κ1) is 23.4. The van der Waals surface area contributed by atoms with E-state index in [1.165, 1.54) is 25.5 Å². The first-order valence-electron chi connectivity index (χ1n) is 9.10. The normalized spacial score (nSPS) is 22.4. The van der Waals surface area contributed by atoms with Crippen molar-refractivity contribution >= 4 is 16.3 Å². The van der Waals surface area contributed by atoms with Crippen LogP contribution in [0.2, 0.25) is 0 Å². The SMILES string of the molecule is COC[C@@H]1C[C@H](N(Cc2ccc(OC)cc2)S(=O)(=O)N(C)C)[C@H](CO)N1C(=O)O. The van der Waals surface area contributed by atoms with Crippen molar-refractivity contribution in [1.29, 1.82) is 0 Å². The van der Waals surface area contributed by atoms with Crippen molar-refractivity contribution < 1.29 is 32.9 Å². The van der Waals surface area contributed by atoms with Crippen LogP contribution in [0.3, 0.4) is 0 Å². The molecule has 0 spiro atoms. The lowest BCUT2D eigenvalue weighted by molar-refractivity contribution is 0.0631. The number of likely N-dealkylation sites (tertiary alicyclic amines) is 1. The zero-order valence-electron chi connectivity index (χ0n) is 17.1. The fourth-order valence-corrected chi connectivity index (χ4v) is 4.95. The number of aliphatic hydroxyl groups is 1. The van der Waals surface area contributed by atoms with E-state index in [4.69, 9.17) is 9.47 Å². The van der Waals surface area contributed by atoms with E-state index < -0.39 is 41.0 Å². The highest BCUT2D eigenvalue weighted by Gasteiger charge is 2.49. The Morgan fingerprint density at radius 2 is 1.86 bits per heavy atom. The Morgan fingerprint density at radius 1 is 1.24 bits per heavy atom. The number of hydrogen-bond acceptors (Lipinski definition) is 6. The monoisotopic (exact) mass is 431 g/mol. The second kappa shape index (κ2) is 9.72. The summed E-state index contributed by atoms with van der Waals surface area (Å²) in [6.45, 7) is -0.365. The van der Waals surface area contributed by atoms with Crippen molar-refractivity contribution in [3.63, 3.8) is 0 Å². The lowest BCUT2D eigenvalue weighted by atomic mass is 10.1. The van der Waals surface area contributed by atoms with Gasteiger partial charge in [-0.05, 0) is 24.1 Å². The van der Waals surface area contributed by atoms with Gasteiger partial charge in [0.25, 0.3) is 10.2 Å². The fourth-order valence-electron chi connectivity index (χ4n) is 3.65. The summed E-state index contributed by atoms with van der Waals surface area (Å²) < 4.78 is 38.8. The second-order valence-electron chi connectivity index (χ2n) is 7.04. The number of hydrogen-bond donors (Lipinski definition) is 2. The summed E-state index contributed by atoms with van der Waals surface area (Å²) in [5.74, 6) is 0.641. The first-order chi connectivity index (χ1) is 13.7. The Balaban J connectivity index is 2.44. The number of carbonyl (C=O) groups is 1. The van der Waals surface area contributed by atoms with Gasteiger partial charge in [0.15, 0.2) is 0 Å². The van der Waals surface area contributed by atoms with E-state index in [9.17, 15) is 23.4 Å². The molecule has 0 saturated carbocycles. The van der Waals surface area contributed by atoms with Crippen LogP contribution in [0, 0.1) is 0 Å². The van der Waals surface area contributed by atoms with Crippen LogP contribution in [0.1, 0.15) is 12.0 Å². The molecule has 2 rings (SSSR count). The summed E-state index contributed by atoms with van der Waals surface area (Å²) >= 11 is 0. The number of methoxy groups -OCH3 is 2. The Hall–Kier alpha value is -1.92. The van der Waals surface area contributed by atoms with Crippen LogP contribution >= 0.6 is 0 Å². The molecular weight excluding hydrogens is 402 g/mol. The zero-order chi connectivity index (χ0) is 21.8. The molecule has 164 valence electrons. The minimum Gasteiger partial charge on any atom is -0.497 e. The van der Waals surface area contributed by atoms with Gasteiger partial charge in [-0.15, -0.1) is 0 Å². The molecule has 1 aromatic rings. The van der Waals surface area contributed by atoms with Gasteiger partial charge in [-0.3, -0.25) is 4.90 Å². The second-order valence-corrected chi connectivity index (χ2v) is 9.13. The van der Waals surface area contributed by atoms with Gasteiger partial charge in [0, 0.05) is 27.7 Å². The first-order valence-corrected chi connectivity index (χ1v) is 10.5. The van der Waals surface area contributed by atoms with Crippen LogP contribution in [-0.4, -0.2) is 97.9 Å². The maximum atomic E-state index is 13.1. The molecule has 10 nitrogen and oxygen atoms in total. The van der Waals surface area contributed by atoms with Crippen molar-refractivity contribution in [3.05, 3.63) is 29.8 Å². The third kappa shape index (κ3) is 4.98. The summed E-state index contributed by atoms with van der Waals surface area (Å²) in [7, 11) is 1.92. The quantitative estimate of drug-likeness (QED) is 0.582. The molecule has 0 aliphatic carbocycles. The smallest absolute Gasteiger partial charge is 0.408 e. The lowest BCUT2D eigenvalue weighted by Crippen LogP contribution is -2.53. The molecule has 1 saturated heterocycles. The molecular formula is C18H29N3O7S. The van der Waals surface area contributed by atoms with Crippen molar-refractivity contribution in [2.45, 2.75) is 31.1 Å². The Morgan fingerprint density at radius 3 is 2.31 bits per heavy atom. The average Bonchev–Trinajstić information content (AvgIpc) is 3.04. The molecule has 29 heavy (non-hydrogen) atoms. The van der Waals surface area contributed by atoms with Crippen LogP contribution in [0.25, 0.3) is 0 Å². The molecule has 1 fully saturated rings. The molecule has 1 amide bonds. The number of amides is 1. The van der Waals surface area contributed by atoms with E-state index in [0.29, 0.717) is 11.3 Å². The topological polar surface area (TPSA) is 120 Å². The molecule has 1 aromatic carbocycles. The Labute approximate surface area is 171 Å². The number of rotatable bonds is 9. The Kier molecular flexibility index (Phi) is 7.83. The Bertz CT molecular complexity index is 785. The molecule has 1 aliphatic heterocycles. The summed E-state index contributed by atoms with van der Waals surface area (Å²) in [6.07, 6.45) is -1.01. The maximum absolute atomic E-state index is 13.1. The third-order valence-electron chi connectivity index (χ3n) is 5.10. The van der Waals surface area contributed by atoms with Crippen LogP contribution < -0.4 is 4.74 Å². The predicted octanol–water partition coefficient (Wildman–Crippen LogP) is 0.432. The van der Waals surface area contributed by atoms with Crippen molar-refractivity contribution in [3.8, 4) is 5.75 Å². The predicted molar refractivity (Wildman–Crippen MR) is 106 cm³/mol. The highest BCUT2D eigenvalue weighted by molar-refractivity contribution is 7.86. The third-order valence-corrected chi connectivity index (χ3v) is 7.02. The van der Waals surface area contributed by atoms with E-state index in [2.05, 4.69) is 0 Å². The molecule has 1 aliphatic rings. The van der Waals surface area contributed by atoms with Crippen LogP contribution in [-0.2, 0) is 21.5 Å². The molecule has 1 heterocycles. The van der Waals surface area contributed by atoms with Gasteiger partial charge in [0.2, 0.25) is 0 Å². The van der Waals surface area contributed by atoms with E-state index in [1.807, 2.05) is 0 Å². The molecule has 0 radical (unpaired) electrons. The summed E-state index contributed by atoms with van der Waals surface area (Å²) in [5.41, 5.74) is 0.713. The van der Waals surface area contributed by atoms with Crippen molar-refractivity contribution in [1.82, 2.24) is 13.5 Å². The molecule has 2 N–H and O–H groups in total. The number of carboxylic acid groups (broad SMARTS) is 1. The van der Waals surface area contributed by atoms with E-state index in [-0.39, 0.29) is 19.6 Å². The molecule has 0 unspecified atom stereocenters. The molecule has 3 atom stereocenters. The standard InChI is InChI=1S/C18H29N3O7S/c1-19(2)29(25,26)20(10-13-5-7-15(28-4)8-6-13)16-9-14(12-27-3)21(18(23)24)17(16)11-22/h5-8,14,16-17,22H,9-12H2,1-4H3,(H,23,24)/t14-,16-,17-/m0/s1. The minimum absolute atomic E-state index is 0.0266. The summed E-state index contributed by atoms with van der Waals surface area (Å²) in [4.78, 5) is 12.9. The minimum atomic E-state index is -3.90. The number of aliphatic hydroxyl groups excluding tert-OH is 1. The van der Waals surface area contributed by atoms with E-state index >= 15 is 0 Å². The van der Waals surface area contributed by atoms with Gasteiger partial charge in [0.1, 0.15) is 5.75 Å². The largest absolute Gasteiger partial charge is 0.497 e.